The molecule has 2 aromatic heterocycles. The second-order valence-corrected chi connectivity index (χ2v) is 8.30. The molecule has 6 nitrogen and oxygen atoms in total. The highest BCUT2D eigenvalue weighted by atomic mass is 19.4. The molecule has 0 spiro atoms. The van der Waals surface area contributed by atoms with Crippen LogP contribution < -0.4 is 10.2 Å². The van der Waals surface area contributed by atoms with Crippen LogP contribution in [0.25, 0.3) is 0 Å². The van der Waals surface area contributed by atoms with Crippen LogP contribution in [-0.2, 0) is 25.3 Å². The van der Waals surface area contributed by atoms with Crippen molar-refractivity contribution in [1.82, 2.24) is 25.1 Å². The van der Waals surface area contributed by atoms with Gasteiger partial charge in [-0.2, -0.15) is 26.3 Å². The molecule has 0 amide bonds. The van der Waals surface area contributed by atoms with Gasteiger partial charge < -0.3 is 14.8 Å². The summed E-state index contributed by atoms with van der Waals surface area (Å²) in [7, 11) is 0. The van der Waals surface area contributed by atoms with Crippen LogP contribution >= 0.6 is 0 Å². The van der Waals surface area contributed by atoms with E-state index in [1.807, 2.05) is 4.57 Å². The summed E-state index contributed by atoms with van der Waals surface area (Å²) in [6.07, 6.45) is -7.01. The summed E-state index contributed by atoms with van der Waals surface area (Å²) in [4.78, 5) is 5.26. The largest absolute Gasteiger partial charge is 0.433 e. The molecule has 3 atom stereocenters. The summed E-state index contributed by atoms with van der Waals surface area (Å²) in [5, 5.41) is 11.8. The van der Waals surface area contributed by atoms with E-state index in [4.69, 9.17) is 0 Å². The molecule has 1 saturated heterocycles. The molecule has 3 aliphatic rings. The fraction of sp³-hybridized carbons (Fsp3) is 0.632. The molecule has 2 aliphatic heterocycles. The summed E-state index contributed by atoms with van der Waals surface area (Å²) in [5.41, 5.74) is -2.89. The molecular weight excluding hydrogens is 426 g/mol. The Labute approximate surface area is 173 Å². The quantitative estimate of drug-likeness (QED) is 0.715. The van der Waals surface area contributed by atoms with Crippen LogP contribution in [0.4, 0.5) is 32.2 Å². The average Bonchev–Trinajstić information content (AvgIpc) is 3.37. The smallest absolute Gasteiger partial charge is 0.343 e. The summed E-state index contributed by atoms with van der Waals surface area (Å²) >= 11 is 0. The molecule has 4 heterocycles. The first kappa shape index (κ1) is 20.5. The Bertz CT molecular complexity index is 951. The van der Waals surface area contributed by atoms with Crippen LogP contribution in [0.2, 0.25) is 0 Å². The van der Waals surface area contributed by atoms with Crippen molar-refractivity contribution >= 4 is 5.82 Å². The number of piperidine rings is 1. The van der Waals surface area contributed by atoms with E-state index < -0.39 is 29.7 Å². The predicted octanol–water partition coefficient (Wildman–Crippen LogP) is 3.59. The van der Waals surface area contributed by atoms with E-state index in [2.05, 4.69) is 20.5 Å². The second kappa shape index (κ2) is 7.07. The molecule has 0 aromatic carbocycles. The van der Waals surface area contributed by atoms with Gasteiger partial charge in [0.1, 0.15) is 17.3 Å². The lowest BCUT2D eigenvalue weighted by atomic mass is 9.97. The first-order chi connectivity index (χ1) is 14.6. The number of hydrogen-bond donors (Lipinski definition) is 1. The minimum absolute atomic E-state index is 0.0710. The highest BCUT2D eigenvalue weighted by Crippen LogP contribution is 2.52. The van der Waals surface area contributed by atoms with E-state index in [1.54, 1.807) is 4.90 Å². The van der Waals surface area contributed by atoms with E-state index in [1.165, 1.54) is 0 Å². The third-order valence-corrected chi connectivity index (χ3v) is 6.44. The Morgan fingerprint density at radius 3 is 2.52 bits per heavy atom. The molecule has 1 aliphatic carbocycles. The Balaban J connectivity index is 1.62. The SMILES string of the molecule is FC(F)(F)c1cc(N2[C@@H]3CC[C@@H](C3)[C@H]2c2nnc3n2CCNCC3)nc(C(F)(F)F)c1. The lowest BCUT2D eigenvalue weighted by molar-refractivity contribution is -0.145. The van der Waals surface area contributed by atoms with Crippen molar-refractivity contribution in [1.29, 1.82) is 0 Å². The molecule has 5 rings (SSSR count). The highest BCUT2D eigenvalue weighted by molar-refractivity contribution is 5.49. The maximum atomic E-state index is 13.4. The molecule has 31 heavy (non-hydrogen) atoms. The van der Waals surface area contributed by atoms with Crippen LogP contribution in [0, 0.1) is 5.92 Å². The van der Waals surface area contributed by atoms with E-state index in [0.29, 0.717) is 38.2 Å². The second-order valence-electron chi connectivity index (χ2n) is 8.30. The summed E-state index contributed by atoms with van der Waals surface area (Å²) in [6.45, 7) is 2.03. The first-order valence-electron chi connectivity index (χ1n) is 10.2. The van der Waals surface area contributed by atoms with Gasteiger partial charge in [-0.15, -0.1) is 10.2 Å². The number of rotatable bonds is 2. The number of aromatic nitrogens is 4. The maximum Gasteiger partial charge on any atom is 0.433 e. The summed E-state index contributed by atoms with van der Waals surface area (Å²) in [6, 6.07) is 0.172. The van der Waals surface area contributed by atoms with Gasteiger partial charge in [0.05, 0.1) is 11.6 Å². The molecule has 12 heteroatoms. The molecule has 2 aromatic rings. The third kappa shape index (κ3) is 3.54. The van der Waals surface area contributed by atoms with Gasteiger partial charge in [0.2, 0.25) is 0 Å². The molecule has 0 radical (unpaired) electrons. The lowest BCUT2D eigenvalue weighted by Gasteiger charge is -2.36. The minimum Gasteiger partial charge on any atom is -0.343 e. The number of nitrogens with zero attached hydrogens (tertiary/aromatic N) is 5. The van der Waals surface area contributed by atoms with Crippen LogP contribution in [-0.4, -0.2) is 38.9 Å². The topological polar surface area (TPSA) is 58.9 Å². The summed E-state index contributed by atoms with van der Waals surface area (Å²) in [5.74, 6) is 1.15. The zero-order chi connectivity index (χ0) is 22.0. The average molecular weight is 446 g/mol. The van der Waals surface area contributed by atoms with Gasteiger partial charge in [0.15, 0.2) is 5.82 Å². The predicted molar refractivity (Wildman–Crippen MR) is 97.2 cm³/mol. The van der Waals surface area contributed by atoms with Crippen molar-refractivity contribution in [2.75, 3.05) is 18.0 Å². The number of nitrogens with one attached hydrogen (secondary N) is 1. The standard InChI is InChI=1S/C19H20F6N6/c20-18(21,22)11-8-13(19(23,24)25)27-15(9-11)31-12-2-1-10(7-12)16(31)17-29-28-14-3-4-26-5-6-30(14)17/h8-10,12,16,26H,1-7H2/t10-,12+,16-/m0/s1. The fourth-order valence-corrected chi connectivity index (χ4v) is 5.12. The number of pyridine rings is 1. The third-order valence-electron chi connectivity index (χ3n) is 6.44. The maximum absolute atomic E-state index is 13.4. The van der Waals surface area contributed by atoms with Gasteiger partial charge in [-0.05, 0) is 37.3 Å². The van der Waals surface area contributed by atoms with Crippen molar-refractivity contribution in [2.24, 2.45) is 5.92 Å². The molecule has 168 valence electrons. The van der Waals surface area contributed by atoms with Crippen molar-refractivity contribution in [3.05, 3.63) is 35.0 Å². The van der Waals surface area contributed by atoms with Crippen molar-refractivity contribution in [3.63, 3.8) is 0 Å². The molecule has 2 fully saturated rings. The Morgan fingerprint density at radius 1 is 0.968 bits per heavy atom. The summed E-state index contributed by atoms with van der Waals surface area (Å²) < 4.78 is 82.3. The minimum atomic E-state index is -4.98. The van der Waals surface area contributed by atoms with Gasteiger partial charge in [0, 0.05) is 32.1 Å². The van der Waals surface area contributed by atoms with Crippen molar-refractivity contribution in [3.8, 4) is 0 Å². The van der Waals surface area contributed by atoms with Gasteiger partial charge in [0.25, 0.3) is 0 Å². The van der Waals surface area contributed by atoms with Crippen molar-refractivity contribution in [2.45, 2.75) is 56.7 Å². The van der Waals surface area contributed by atoms with E-state index in [9.17, 15) is 26.3 Å². The van der Waals surface area contributed by atoms with Crippen LogP contribution in [0.15, 0.2) is 12.1 Å². The molecule has 1 N–H and O–H groups in total. The Morgan fingerprint density at radius 2 is 1.77 bits per heavy atom. The molecular formula is C19H20F6N6. The monoisotopic (exact) mass is 446 g/mol. The van der Waals surface area contributed by atoms with E-state index in [-0.39, 0.29) is 23.8 Å². The number of fused-ring (bicyclic) bond motifs is 3. The first-order valence-corrected chi connectivity index (χ1v) is 10.2. The van der Waals surface area contributed by atoms with E-state index >= 15 is 0 Å². The zero-order valence-corrected chi connectivity index (χ0v) is 16.3. The normalized spacial score (nSPS) is 26.3. The van der Waals surface area contributed by atoms with Crippen LogP contribution in [0.1, 0.15) is 48.2 Å². The van der Waals surface area contributed by atoms with Crippen molar-refractivity contribution < 1.29 is 26.3 Å². The number of anilines is 1. The van der Waals surface area contributed by atoms with Gasteiger partial charge >= 0.3 is 12.4 Å². The lowest BCUT2D eigenvalue weighted by Crippen LogP contribution is -2.38. The van der Waals surface area contributed by atoms with Gasteiger partial charge in [-0.1, -0.05) is 0 Å². The number of halogens is 6. The van der Waals surface area contributed by atoms with Gasteiger partial charge in [-0.25, -0.2) is 4.98 Å². The highest BCUT2D eigenvalue weighted by Gasteiger charge is 2.50. The van der Waals surface area contributed by atoms with Crippen LogP contribution in [0.3, 0.4) is 0 Å². The Kier molecular flexibility index (Phi) is 4.68. The van der Waals surface area contributed by atoms with Crippen LogP contribution in [0.5, 0.6) is 0 Å². The fourth-order valence-electron chi connectivity index (χ4n) is 5.12. The van der Waals surface area contributed by atoms with Gasteiger partial charge in [-0.3, -0.25) is 0 Å². The molecule has 0 unspecified atom stereocenters. The number of alkyl halides is 6. The molecule has 1 saturated carbocycles. The Hall–Kier alpha value is -2.37. The number of hydrogen-bond acceptors (Lipinski definition) is 5. The molecule has 2 bridgehead atoms. The van der Waals surface area contributed by atoms with E-state index in [0.717, 1.165) is 24.9 Å². The zero-order valence-electron chi connectivity index (χ0n) is 16.3.